The Morgan fingerprint density at radius 2 is 1.22 bits per heavy atom. The molecule has 0 amide bonds. The van der Waals surface area contributed by atoms with E-state index in [1.54, 1.807) is 0 Å². The van der Waals surface area contributed by atoms with E-state index < -0.39 is 0 Å². The predicted molar refractivity (Wildman–Crippen MR) is 98.6 cm³/mol. The molecule has 2 heterocycles. The first-order valence-electron chi connectivity index (χ1n) is 7.55. The van der Waals surface area contributed by atoms with Crippen molar-refractivity contribution >= 4 is 34.0 Å². The van der Waals surface area contributed by atoms with E-state index in [1.807, 2.05) is 30.1 Å². The number of aromatic amines is 1. The van der Waals surface area contributed by atoms with E-state index >= 15 is 0 Å². The van der Waals surface area contributed by atoms with Crippen LogP contribution in [0.4, 0.5) is 11.4 Å². The quantitative estimate of drug-likeness (QED) is 0.363. The fourth-order valence-corrected chi connectivity index (χ4v) is 3.56. The van der Waals surface area contributed by atoms with Gasteiger partial charge in [0.1, 0.15) is 0 Å². The monoisotopic (exact) mass is 316 g/mol. The zero-order chi connectivity index (χ0) is 15.5. The molecule has 112 valence electrons. The van der Waals surface area contributed by atoms with Gasteiger partial charge in [-0.05, 0) is 41.8 Å². The maximum Gasteiger partial charge on any atom is 0.0526 e. The molecule has 0 bridgehead atoms. The molecule has 0 atom stereocenters. The third kappa shape index (κ3) is 2.96. The smallest absolute Gasteiger partial charge is 0.0526 e. The number of hydrogen-bond donors (Lipinski definition) is 2. The molecule has 23 heavy (non-hydrogen) atoms. The molecule has 0 saturated heterocycles. The molecule has 0 spiro atoms. The van der Waals surface area contributed by atoms with Crippen LogP contribution in [0.25, 0.3) is 10.9 Å². The van der Waals surface area contributed by atoms with Crippen LogP contribution in [0.1, 0.15) is 0 Å². The summed E-state index contributed by atoms with van der Waals surface area (Å²) in [4.78, 5) is 5.71. The fourth-order valence-electron chi connectivity index (χ4n) is 2.58. The van der Waals surface area contributed by atoms with Gasteiger partial charge < -0.3 is 10.3 Å². The number of nitrogens with one attached hydrogen (secondary N) is 2. The number of hydrogen-bond acceptors (Lipinski definition) is 2. The molecule has 1 aromatic heterocycles. The maximum absolute atomic E-state index is 3.42. The van der Waals surface area contributed by atoms with E-state index in [1.165, 1.54) is 32.1 Å². The van der Waals surface area contributed by atoms with Gasteiger partial charge in [0.05, 0.1) is 11.4 Å². The van der Waals surface area contributed by atoms with Crippen LogP contribution in [0.3, 0.4) is 0 Å². The summed E-state index contributed by atoms with van der Waals surface area (Å²) in [5.41, 5.74) is 3.62. The van der Waals surface area contributed by atoms with Crippen LogP contribution in [0, 0.1) is 0 Å². The van der Waals surface area contributed by atoms with E-state index in [9.17, 15) is 0 Å². The summed E-state index contributed by atoms with van der Waals surface area (Å²) >= 11 is 1.82. The molecule has 3 heteroatoms. The van der Waals surface area contributed by atoms with Crippen molar-refractivity contribution in [3.05, 3.63) is 85.1 Å². The summed E-state index contributed by atoms with van der Waals surface area (Å²) in [6.45, 7) is 0. The lowest BCUT2D eigenvalue weighted by Crippen LogP contribution is -1.98. The van der Waals surface area contributed by atoms with Crippen molar-refractivity contribution in [2.45, 2.75) is 9.79 Å². The van der Waals surface area contributed by atoms with Crippen molar-refractivity contribution < 1.29 is 0 Å². The minimum Gasteiger partial charge on any atom is -0.361 e. The summed E-state index contributed by atoms with van der Waals surface area (Å²) in [7, 11) is 0. The van der Waals surface area contributed by atoms with Gasteiger partial charge in [-0.15, -0.1) is 0 Å². The summed E-state index contributed by atoms with van der Waals surface area (Å²) in [5, 5.41) is 4.70. The Bertz CT molecular complexity index is 825. The standard InChI is InChI=1S/C12H9NS.C8H7N/c1-3-7-11-9(5-1)13-10-6-2-4-8-12(10)14-11;1-2-4-8-7(3-1)5-6-9-8/h1-8,13H;1-6,9H. The summed E-state index contributed by atoms with van der Waals surface area (Å²) in [6, 6.07) is 27.0. The molecular formula is C20H16N2S. The Morgan fingerprint density at radius 1 is 0.609 bits per heavy atom. The molecule has 4 aromatic rings. The molecule has 0 unspecified atom stereocenters. The van der Waals surface area contributed by atoms with Crippen molar-refractivity contribution in [2.24, 2.45) is 0 Å². The van der Waals surface area contributed by atoms with E-state index in [4.69, 9.17) is 0 Å². The van der Waals surface area contributed by atoms with Gasteiger partial charge >= 0.3 is 0 Å². The second-order valence-electron chi connectivity index (χ2n) is 5.28. The Labute approximate surface area is 139 Å². The fraction of sp³-hybridized carbons (Fsp3) is 0. The zero-order valence-electron chi connectivity index (χ0n) is 12.5. The Morgan fingerprint density at radius 3 is 1.91 bits per heavy atom. The Hall–Kier alpha value is -2.65. The van der Waals surface area contributed by atoms with Gasteiger partial charge in [-0.2, -0.15) is 0 Å². The second-order valence-corrected chi connectivity index (χ2v) is 6.37. The van der Waals surface area contributed by atoms with E-state index in [-0.39, 0.29) is 0 Å². The highest BCUT2D eigenvalue weighted by atomic mass is 32.2. The first-order chi connectivity index (χ1) is 11.4. The molecule has 0 fully saturated rings. The van der Waals surface area contributed by atoms with Crippen LogP contribution >= 0.6 is 11.8 Å². The molecule has 1 aliphatic rings. The van der Waals surface area contributed by atoms with Crippen LogP contribution < -0.4 is 5.32 Å². The van der Waals surface area contributed by atoms with Crippen LogP contribution in [-0.4, -0.2) is 4.98 Å². The van der Waals surface area contributed by atoms with Crippen LogP contribution in [0.2, 0.25) is 0 Å². The van der Waals surface area contributed by atoms with Crippen molar-refractivity contribution in [1.82, 2.24) is 4.98 Å². The van der Waals surface area contributed by atoms with Gasteiger partial charge in [-0.25, -0.2) is 0 Å². The van der Waals surface area contributed by atoms with Gasteiger partial charge in [0.2, 0.25) is 0 Å². The van der Waals surface area contributed by atoms with E-state index in [0.29, 0.717) is 0 Å². The largest absolute Gasteiger partial charge is 0.361 e. The number of aromatic nitrogens is 1. The van der Waals surface area contributed by atoms with Gasteiger partial charge in [-0.1, -0.05) is 54.2 Å². The molecule has 0 saturated carbocycles. The lowest BCUT2D eigenvalue weighted by atomic mass is 10.2. The topological polar surface area (TPSA) is 27.8 Å². The van der Waals surface area contributed by atoms with Crippen molar-refractivity contribution in [3.63, 3.8) is 0 Å². The molecule has 5 rings (SSSR count). The highest BCUT2D eigenvalue weighted by molar-refractivity contribution is 7.99. The van der Waals surface area contributed by atoms with Crippen molar-refractivity contribution in [2.75, 3.05) is 5.32 Å². The summed E-state index contributed by atoms with van der Waals surface area (Å²) < 4.78 is 0. The average Bonchev–Trinajstić information content (AvgIpc) is 3.09. The molecule has 1 aliphatic heterocycles. The number of para-hydroxylation sites is 3. The number of fused-ring (bicyclic) bond motifs is 3. The van der Waals surface area contributed by atoms with Crippen molar-refractivity contribution in [3.8, 4) is 0 Å². The molecule has 3 aromatic carbocycles. The van der Waals surface area contributed by atoms with Gasteiger partial charge in [0, 0.05) is 21.5 Å². The van der Waals surface area contributed by atoms with Crippen LogP contribution in [-0.2, 0) is 0 Å². The SMILES string of the molecule is c1ccc2[nH]ccc2c1.c1ccc2c(c1)Nc1ccccc1S2. The third-order valence-corrected chi connectivity index (χ3v) is 4.88. The van der Waals surface area contributed by atoms with E-state index in [0.717, 1.165) is 0 Å². The maximum atomic E-state index is 3.42. The second kappa shape index (κ2) is 6.23. The summed E-state index contributed by atoms with van der Waals surface area (Å²) in [6.07, 6.45) is 1.95. The molecule has 2 nitrogen and oxygen atoms in total. The third-order valence-electron chi connectivity index (χ3n) is 3.73. The minimum absolute atomic E-state index is 1.20. The average molecular weight is 316 g/mol. The first-order valence-corrected chi connectivity index (χ1v) is 8.37. The van der Waals surface area contributed by atoms with Crippen molar-refractivity contribution in [1.29, 1.82) is 0 Å². The van der Waals surface area contributed by atoms with Gasteiger partial charge in [0.25, 0.3) is 0 Å². The van der Waals surface area contributed by atoms with Crippen LogP contribution in [0.5, 0.6) is 0 Å². The highest BCUT2D eigenvalue weighted by Gasteiger charge is 2.13. The number of rotatable bonds is 0. The first kappa shape index (κ1) is 14.0. The summed E-state index contributed by atoms with van der Waals surface area (Å²) in [5.74, 6) is 0. The molecular weight excluding hydrogens is 300 g/mol. The lowest BCUT2D eigenvalue weighted by molar-refractivity contribution is 1.32. The highest BCUT2D eigenvalue weighted by Crippen LogP contribution is 2.43. The molecule has 0 aliphatic carbocycles. The van der Waals surface area contributed by atoms with Gasteiger partial charge in [0.15, 0.2) is 0 Å². The number of benzene rings is 3. The van der Waals surface area contributed by atoms with E-state index in [2.05, 4.69) is 77.0 Å². The van der Waals surface area contributed by atoms with Gasteiger partial charge in [-0.3, -0.25) is 0 Å². The predicted octanol–water partition coefficient (Wildman–Crippen LogP) is 6.06. The Balaban J connectivity index is 0.000000130. The zero-order valence-corrected chi connectivity index (χ0v) is 13.3. The molecule has 0 radical (unpaired) electrons. The minimum atomic E-state index is 1.20. The normalized spacial score (nSPS) is 11.7. The molecule has 2 N–H and O–H groups in total. The number of H-pyrrole nitrogens is 1. The van der Waals surface area contributed by atoms with Crippen LogP contribution in [0.15, 0.2) is 94.9 Å². The Kier molecular flexibility index (Phi) is 3.78. The number of anilines is 2. The lowest BCUT2D eigenvalue weighted by Gasteiger charge is -2.19.